The van der Waals surface area contributed by atoms with Crippen LogP contribution < -0.4 is 5.32 Å². The molecule has 4 nitrogen and oxygen atoms in total. The van der Waals surface area contributed by atoms with Crippen molar-refractivity contribution in [2.75, 3.05) is 11.9 Å². The van der Waals surface area contributed by atoms with Gasteiger partial charge in [0.05, 0.1) is 24.8 Å². The molecule has 0 aliphatic carbocycles. The number of phenols is 1. The third kappa shape index (κ3) is 3.91. The molecule has 3 rings (SSSR count). The van der Waals surface area contributed by atoms with E-state index in [0.717, 1.165) is 16.3 Å². The molecular weight excluding hydrogens is 314 g/mol. The largest absolute Gasteiger partial charge is 0.506 e. The lowest BCUT2D eigenvalue weighted by Crippen LogP contribution is -2.17. The van der Waals surface area contributed by atoms with Crippen molar-refractivity contribution in [1.29, 1.82) is 0 Å². The topological polar surface area (TPSA) is 58.6 Å². The van der Waals surface area contributed by atoms with Gasteiger partial charge in [-0.15, -0.1) is 0 Å². The minimum atomic E-state index is -0.307. The summed E-state index contributed by atoms with van der Waals surface area (Å²) in [5, 5.41) is 15.5. The Hall–Kier alpha value is -3.01. The highest BCUT2D eigenvalue weighted by Crippen LogP contribution is 2.32. The van der Waals surface area contributed by atoms with Crippen molar-refractivity contribution >= 4 is 22.4 Å². The number of carbonyl (C=O) groups excluding carboxylic acids is 1. The van der Waals surface area contributed by atoms with Crippen LogP contribution in [0.5, 0.6) is 5.75 Å². The molecule has 0 radical (unpaired) electrons. The number of rotatable bonds is 6. The Balaban J connectivity index is 2.00. The summed E-state index contributed by atoms with van der Waals surface area (Å²) < 4.78 is 5.13. The summed E-state index contributed by atoms with van der Waals surface area (Å²) in [4.78, 5) is 12.1. The molecule has 128 valence electrons. The Labute approximate surface area is 147 Å². The second-order valence-corrected chi connectivity index (χ2v) is 5.79. The maximum Gasteiger partial charge on any atom is 0.308 e. The Morgan fingerprint density at radius 3 is 2.56 bits per heavy atom. The molecule has 1 atom stereocenters. The van der Waals surface area contributed by atoms with Gasteiger partial charge in [-0.3, -0.25) is 4.79 Å². The fourth-order valence-corrected chi connectivity index (χ4v) is 2.96. The third-order valence-electron chi connectivity index (χ3n) is 4.11. The van der Waals surface area contributed by atoms with Crippen LogP contribution >= 0.6 is 0 Å². The van der Waals surface area contributed by atoms with E-state index in [1.807, 2.05) is 48.5 Å². The van der Waals surface area contributed by atoms with E-state index in [1.54, 1.807) is 25.1 Å². The molecule has 0 saturated heterocycles. The number of hydrogen-bond acceptors (Lipinski definition) is 4. The molecule has 0 fully saturated rings. The zero-order valence-electron chi connectivity index (χ0n) is 14.1. The van der Waals surface area contributed by atoms with Crippen molar-refractivity contribution in [1.82, 2.24) is 0 Å². The molecule has 0 aliphatic rings. The summed E-state index contributed by atoms with van der Waals surface area (Å²) in [7, 11) is 0. The van der Waals surface area contributed by atoms with Gasteiger partial charge in [-0.05, 0) is 35.4 Å². The van der Waals surface area contributed by atoms with Crippen molar-refractivity contribution in [2.24, 2.45) is 0 Å². The van der Waals surface area contributed by atoms with Crippen LogP contribution in [0.4, 0.5) is 5.69 Å². The summed E-state index contributed by atoms with van der Waals surface area (Å²) in [6.45, 7) is 2.14. The van der Waals surface area contributed by atoms with E-state index >= 15 is 0 Å². The van der Waals surface area contributed by atoms with Crippen LogP contribution in [0.25, 0.3) is 10.8 Å². The number of fused-ring (bicyclic) bond motifs is 1. The van der Waals surface area contributed by atoms with Crippen molar-refractivity contribution in [2.45, 2.75) is 19.4 Å². The molecule has 3 aromatic carbocycles. The molecule has 0 heterocycles. The van der Waals surface area contributed by atoms with E-state index in [-0.39, 0.29) is 24.2 Å². The normalized spacial score (nSPS) is 11.9. The van der Waals surface area contributed by atoms with Crippen molar-refractivity contribution in [3.63, 3.8) is 0 Å². The average molecular weight is 335 g/mol. The first-order chi connectivity index (χ1) is 12.2. The first-order valence-electron chi connectivity index (χ1n) is 8.37. The molecule has 0 unspecified atom stereocenters. The van der Waals surface area contributed by atoms with E-state index in [9.17, 15) is 9.90 Å². The van der Waals surface area contributed by atoms with Crippen LogP contribution in [0, 0.1) is 0 Å². The summed E-state index contributed by atoms with van der Waals surface area (Å²) in [5.74, 6) is -0.125. The van der Waals surface area contributed by atoms with Crippen LogP contribution in [-0.4, -0.2) is 17.7 Å². The first-order valence-corrected chi connectivity index (χ1v) is 8.37. The fraction of sp³-hybridized carbons (Fsp3) is 0.190. The Morgan fingerprint density at radius 1 is 1.04 bits per heavy atom. The number of hydrogen-bond donors (Lipinski definition) is 2. The summed E-state index contributed by atoms with van der Waals surface area (Å²) in [6.07, 6.45) is 0.177. The summed E-state index contributed by atoms with van der Waals surface area (Å²) in [5.41, 5.74) is 1.58. The van der Waals surface area contributed by atoms with Crippen LogP contribution in [0.15, 0.2) is 66.7 Å². The lowest BCUT2D eigenvalue weighted by molar-refractivity contribution is -0.143. The van der Waals surface area contributed by atoms with E-state index in [1.165, 1.54) is 0 Å². The molecule has 0 aromatic heterocycles. The van der Waals surface area contributed by atoms with Crippen molar-refractivity contribution in [3.05, 3.63) is 72.3 Å². The van der Waals surface area contributed by atoms with Gasteiger partial charge in [0.2, 0.25) is 0 Å². The van der Waals surface area contributed by atoms with Gasteiger partial charge >= 0.3 is 5.97 Å². The molecule has 0 spiro atoms. The van der Waals surface area contributed by atoms with Crippen LogP contribution in [0.3, 0.4) is 0 Å². The smallest absolute Gasteiger partial charge is 0.308 e. The number of benzene rings is 3. The average Bonchev–Trinajstić information content (AvgIpc) is 2.63. The quantitative estimate of drug-likeness (QED) is 0.508. The number of phenolic OH excluding ortho intramolecular Hbond substituents is 1. The van der Waals surface area contributed by atoms with Gasteiger partial charge in [0.15, 0.2) is 0 Å². The fourth-order valence-electron chi connectivity index (χ4n) is 2.96. The minimum Gasteiger partial charge on any atom is -0.506 e. The lowest BCUT2D eigenvalue weighted by atomic mass is 9.96. The van der Waals surface area contributed by atoms with Gasteiger partial charge < -0.3 is 15.2 Å². The van der Waals surface area contributed by atoms with Crippen molar-refractivity contribution in [3.8, 4) is 5.75 Å². The number of nitrogens with one attached hydrogen (secondary N) is 1. The van der Waals surface area contributed by atoms with Gasteiger partial charge in [0.25, 0.3) is 0 Å². The highest BCUT2D eigenvalue weighted by atomic mass is 16.5. The predicted octanol–water partition coefficient (Wildman–Crippen LogP) is 4.65. The SMILES string of the molecule is CCOC(=O)C[C@H](Nc1ccccc1O)c1cccc2ccccc12. The maximum absolute atomic E-state index is 12.1. The summed E-state index contributed by atoms with van der Waals surface area (Å²) >= 11 is 0. The monoisotopic (exact) mass is 335 g/mol. The third-order valence-corrected chi connectivity index (χ3v) is 4.11. The minimum absolute atomic E-state index is 0.150. The first kappa shape index (κ1) is 16.8. The molecule has 0 saturated carbocycles. The van der Waals surface area contributed by atoms with Gasteiger partial charge in [0.1, 0.15) is 5.75 Å². The zero-order valence-corrected chi connectivity index (χ0v) is 14.1. The van der Waals surface area contributed by atoms with E-state index < -0.39 is 0 Å². The van der Waals surface area contributed by atoms with Crippen LogP contribution in [-0.2, 0) is 9.53 Å². The predicted molar refractivity (Wildman–Crippen MR) is 99.7 cm³/mol. The summed E-state index contributed by atoms with van der Waals surface area (Å²) in [6, 6.07) is 20.8. The van der Waals surface area contributed by atoms with Crippen molar-refractivity contribution < 1.29 is 14.6 Å². The number of aromatic hydroxyl groups is 1. The number of anilines is 1. The highest BCUT2D eigenvalue weighted by molar-refractivity contribution is 5.87. The number of para-hydroxylation sites is 2. The highest BCUT2D eigenvalue weighted by Gasteiger charge is 2.20. The van der Waals surface area contributed by atoms with Gasteiger partial charge in [-0.2, -0.15) is 0 Å². The van der Waals surface area contributed by atoms with Crippen LogP contribution in [0.2, 0.25) is 0 Å². The Morgan fingerprint density at radius 2 is 1.76 bits per heavy atom. The second-order valence-electron chi connectivity index (χ2n) is 5.79. The Kier molecular flexibility index (Phi) is 5.19. The molecule has 0 bridgehead atoms. The number of ether oxygens (including phenoxy) is 1. The molecule has 4 heteroatoms. The number of carbonyl (C=O) groups is 1. The van der Waals surface area contributed by atoms with Gasteiger partial charge in [-0.1, -0.05) is 54.6 Å². The van der Waals surface area contributed by atoms with E-state index in [2.05, 4.69) is 5.32 Å². The molecule has 0 amide bonds. The molecule has 2 N–H and O–H groups in total. The van der Waals surface area contributed by atoms with E-state index in [0.29, 0.717) is 12.3 Å². The molecule has 0 aliphatic heterocycles. The molecular formula is C21H21NO3. The van der Waals surface area contributed by atoms with E-state index in [4.69, 9.17) is 4.74 Å². The lowest BCUT2D eigenvalue weighted by Gasteiger charge is -2.22. The Bertz CT molecular complexity index is 870. The standard InChI is InChI=1S/C21H21NO3/c1-2-25-21(24)14-19(22-18-12-5-6-13-20(18)23)17-11-7-9-15-8-3-4-10-16(15)17/h3-13,19,22-23H,2,14H2,1H3/t19-/m0/s1. The molecule has 25 heavy (non-hydrogen) atoms. The van der Waals surface area contributed by atoms with Gasteiger partial charge in [-0.25, -0.2) is 0 Å². The maximum atomic E-state index is 12.1. The second kappa shape index (κ2) is 7.71. The van der Waals surface area contributed by atoms with Gasteiger partial charge in [0, 0.05) is 0 Å². The zero-order chi connectivity index (χ0) is 17.6. The van der Waals surface area contributed by atoms with Crippen LogP contribution in [0.1, 0.15) is 24.9 Å². The number of esters is 1. The molecule has 3 aromatic rings.